The lowest BCUT2D eigenvalue weighted by molar-refractivity contribution is -0.138. The van der Waals surface area contributed by atoms with E-state index in [1.54, 1.807) is 25.1 Å². The van der Waals surface area contributed by atoms with E-state index in [1.807, 2.05) is 18.2 Å². The second-order valence-electron chi connectivity index (χ2n) is 10.6. The number of halogens is 3. The first-order valence-corrected chi connectivity index (χ1v) is 13.0. The number of carbonyl (C=O) groups excluding carboxylic acids is 1. The topological polar surface area (TPSA) is 48.1 Å². The molecule has 5 rings (SSSR count). The van der Waals surface area contributed by atoms with Crippen LogP contribution < -0.4 is 5.32 Å². The summed E-state index contributed by atoms with van der Waals surface area (Å²) in [6.07, 6.45) is -3.12. The van der Waals surface area contributed by atoms with Crippen LogP contribution in [0.4, 0.5) is 18.9 Å². The highest BCUT2D eigenvalue weighted by molar-refractivity contribution is 5.77. The molecule has 200 valence electrons. The van der Waals surface area contributed by atoms with Gasteiger partial charge >= 0.3 is 6.18 Å². The van der Waals surface area contributed by atoms with Gasteiger partial charge in [0.1, 0.15) is 0 Å². The van der Waals surface area contributed by atoms with Crippen molar-refractivity contribution in [2.75, 3.05) is 58.7 Å². The number of nitrogens with one attached hydrogen (secondary N) is 1. The molecule has 3 heterocycles. The van der Waals surface area contributed by atoms with Gasteiger partial charge in [-0.25, -0.2) is 0 Å². The zero-order valence-electron chi connectivity index (χ0n) is 21.4. The number of benzene rings is 2. The van der Waals surface area contributed by atoms with E-state index < -0.39 is 17.8 Å². The zero-order chi connectivity index (χ0) is 26.2. The number of alkyl halides is 3. The molecule has 0 saturated carbocycles. The van der Waals surface area contributed by atoms with Crippen LogP contribution in [0.1, 0.15) is 41.7 Å². The summed E-state index contributed by atoms with van der Waals surface area (Å²) in [6.45, 7) is 4.49. The number of fused-ring (bicyclic) bond motifs is 3. The third-order valence-corrected chi connectivity index (χ3v) is 7.92. The minimum atomic E-state index is -4.40. The largest absolute Gasteiger partial charge is 0.416 e. The van der Waals surface area contributed by atoms with Gasteiger partial charge in [0.05, 0.1) is 30.4 Å². The van der Waals surface area contributed by atoms with E-state index in [1.165, 1.54) is 6.07 Å². The van der Waals surface area contributed by atoms with Gasteiger partial charge in [0.15, 0.2) is 0 Å². The number of anilines is 1. The van der Waals surface area contributed by atoms with Crippen LogP contribution in [0, 0.1) is 5.92 Å². The van der Waals surface area contributed by atoms with Crippen molar-refractivity contribution >= 4 is 11.6 Å². The molecule has 6 nitrogen and oxygen atoms in total. The SMILES string of the molecule is CN(C)C(=O)CN1CCN(C[C@H]2CC[C@@H]3[C@H](O2)c2cc(C(F)(F)F)ccc2N[C@H]3c2ccccc2)CC1. The van der Waals surface area contributed by atoms with E-state index in [-0.39, 0.29) is 24.0 Å². The van der Waals surface area contributed by atoms with Crippen LogP contribution in [0.3, 0.4) is 0 Å². The maximum atomic E-state index is 13.6. The molecule has 0 bridgehead atoms. The van der Waals surface area contributed by atoms with Gasteiger partial charge in [-0.05, 0) is 36.6 Å². The van der Waals surface area contributed by atoms with Gasteiger partial charge in [-0.1, -0.05) is 30.3 Å². The molecule has 0 unspecified atom stereocenters. The number of carbonyl (C=O) groups is 1. The molecule has 2 fully saturated rings. The molecule has 1 N–H and O–H groups in total. The fourth-order valence-electron chi connectivity index (χ4n) is 5.81. The van der Waals surface area contributed by atoms with E-state index in [0.29, 0.717) is 17.8 Å². The fourth-order valence-corrected chi connectivity index (χ4v) is 5.81. The van der Waals surface area contributed by atoms with Crippen LogP contribution in [-0.4, -0.2) is 80.1 Å². The minimum absolute atomic E-state index is 0.0193. The lowest BCUT2D eigenvalue weighted by Gasteiger charge is -2.47. The molecule has 37 heavy (non-hydrogen) atoms. The number of likely N-dealkylation sites (N-methyl/N-ethyl adjacent to an activating group) is 1. The normalized spacial score (nSPS) is 26.6. The summed E-state index contributed by atoms with van der Waals surface area (Å²) < 4.78 is 47.3. The molecular weight excluding hydrogens is 481 g/mol. The maximum absolute atomic E-state index is 13.6. The molecule has 9 heteroatoms. The standard InChI is InChI=1S/C28H35F3N4O2/c1-33(2)25(36)18-35-14-12-34(13-15-35)17-21-9-10-22-26(19-6-4-3-5-7-19)32-24-11-8-20(28(29,30)31)16-23(24)27(22)37-21/h3-8,11,16,21-22,26-27,32H,9-10,12-15,17-18H2,1-2H3/t21-,22+,26+,27+/m1/s1. The first-order valence-electron chi connectivity index (χ1n) is 13.0. The van der Waals surface area contributed by atoms with Gasteiger partial charge in [0, 0.05) is 64.0 Å². The average molecular weight is 517 g/mol. The minimum Gasteiger partial charge on any atom is -0.378 e. The molecular formula is C28H35F3N4O2. The second kappa shape index (κ2) is 10.6. The molecule has 1 amide bonds. The lowest BCUT2D eigenvalue weighted by Crippen LogP contribution is -2.52. The number of nitrogens with zero attached hydrogens (tertiary/aromatic N) is 3. The van der Waals surface area contributed by atoms with Crippen molar-refractivity contribution in [3.63, 3.8) is 0 Å². The number of rotatable bonds is 5. The third kappa shape index (κ3) is 5.78. The van der Waals surface area contributed by atoms with Gasteiger partial charge in [0.25, 0.3) is 0 Å². The van der Waals surface area contributed by atoms with Gasteiger partial charge in [0.2, 0.25) is 5.91 Å². The third-order valence-electron chi connectivity index (χ3n) is 7.92. The summed E-state index contributed by atoms with van der Waals surface area (Å²) in [4.78, 5) is 18.2. The molecule has 2 saturated heterocycles. The van der Waals surface area contributed by atoms with E-state index in [9.17, 15) is 18.0 Å². The van der Waals surface area contributed by atoms with Crippen molar-refractivity contribution in [3.05, 3.63) is 65.2 Å². The van der Waals surface area contributed by atoms with Crippen molar-refractivity contribution < 1.29 is 22.7 Å². The molecule has 3 aliphatic heterocycles. The number of amides is 1. The monoisotopic (exact) mass is 516 g/mol. The van der Waals surface area contributed by atoms with Crippen LogP contribution in [0.5, 0.6) is 0 Å². The van der Waals surface area contributed by atoms with E-state index in [0.717, 1.165) is 57.2 Å². The summed E-state index contributed by atoms with van der Waals surface area (Å²) in [5.74, 6) is 0.148. The van der Waals surface area contributed by atoms with Crippen LogP contribution in [0.25, 0.3) is 0 Å². The molecule has 2 aromatic carbocycles. The van der Waals surface area contributed by atoms with Crippen molar-refractivity contribution in [1.82, 2.24) is 14.7 Å². The molecule has 0 spiro atoms. The van der Waals surface area contributed by atoms with Crippen LogP contribution in [0.15, 0.2) is 48.5 Å². The van der Waals surface area contributed by atoms with Crippen LogP contribution in [0.2, 0.25) is 0 Å². The number of hydrogen-bond donors (Lipinski definition) is 1. The van der Waals surface area contributed by atoms with Crippen molar-refractivity contribution in [3.8, 4) is 0 Å². The molecule has 0 aromatic heterocycles. The predicted octanol–water partition coefficient (Wildman–Crippen LogP) is 4.41. The highest BCUT2D eigenvalue weighted by Crippen LogP contribution is 2.51. The Balaban J connectivity index is 1.31. The summed E-state index contributed by atoms with van der Waals surface area (Å²) in [5, 5.41) is 3.52. The van der Waals surface area contributed by atoms with Crippen LogP contribution >= 0.6 is 0 Å². The first-order chi connectivity index (χ1) is 17.7. The van der Waals surface area contributed by atoms with Crippen molar-refractivity contribution in [1.29, 1.82) is 0 Å². The molecule has 2 aromatic rings. The Hall–Kier alpha value is -2.62. The second-order valence-corrected chi connectivity index (χ2v) is 10.6. The highest BCUT2D eigenvalue weighted by Gasteiger charge is 2.44. The quantitative estimate of drug-likeness (QED) is 0.638. The van der Waals surface area contributed by atoms with Crippen molar-refractivity contribution in [2.45, 2.75) is 37.3 Å². The smallest absolute Gasteiger partial charge is 0.378 e. The molecule has 0 aliphatic carbocycles. The lowest BCUT2D eigenvalue weighted by atomic mass is 9.76. The van der Waals surface area contributed by atoms with E-state index in [2.05, 4.69) is 27.2 Å². The Morgan fingerprint density at radius 2 is 1.73 bits per heavy atom. The maximum Gasteiger partial charge on any atom is 0.416 e. The summed E-state index contributed by atoms with van der Waals surface area (Å²) >= 11 is 0. The fraction of sp³-hybridized carbons (Fsp3) is 0.536. The van der Waals surface area contributed by atoms with Crippen molar-refractivity contribution in [2.24, 2.45) is 5.92 Å². The summed E-state index contributed by atoms with van der Waals surface area (Å²) in [7, 11) is 3.54. The first kappa shape index (κ1) is 26.0. The van der Waals surface area contributed by atoms with Gasteiger partial charge in [-0.3, -0.25) is 14.6 Å². The number of piperazine rings is 1. The zero-order valence-corrected chi connectivity index (χ0v) is 21.4. The number of ether oxygens (including phenoxy) is 1. The van der Waals surface area contributed by atoms with Gasteiger partial charge in [-0.15, -0.1) is 0 Å². The van der Waals surface area contributed by atoms with E-state index >= 15 is 0 Å². The summed E-state index contributed by atoms with van der Waals surface area (Å²) in [6, 6.07) is 14.0. The van der Waals surface area contributed by atoms with Gasteiger partial charge < -0.3 is 15.0 Å². The Kier molecular flexibility index (Phi) is 7.47. The summed E-state index contributed by atoms with van der Waals surface area (Å²) in [5.41, 5.74) is 1.79. The van der Waals surface area contributed by atoms with E-state index in [4.69, 9.17) is 4.74 Å². The Morgan fingerprint density at radius 3 is 2.41 bits per heavy atom. The molecule has 0 radical (unpaired) electrons. The van der Waals surface area contributed by atoms with Crippen LogP contribution in [-0.2, 0) is 15.7 Å². The van der Waals surface area contributed by atoms with Gasteiger partial charge in [-0.2, -0.15) is 13.2 Å². The molecule has 4 atom stereocenters. The Labute approximate surface area is 216 Å². The Bertz CT molecular complexity index is 1090. The molecule has 3 aliphatic rings. The average Bonchev–Trinajstić information content (AvgIpc) is 2.89. The Morgan fingerprint density at radius 1 is 1.03 bits per heavy atom. The number of hydrogen-bond acceptors (Lipinski definition) is 5. The predicted molar refractivity (Wildman–Crippen MR) is 136 cm³/mol. The highest BCUT2D eigenvalue weighted by atomic mass is 19.4.